The van der Waals surface area contributed by atoms with E-state index in [2.05, 4.69) is 15.3 Å². The summed E-state index contributed by atoms with van der Waals surface area (Å²) in [7, 11) is -2.92. The van der Waals surface area contributed by atoms with Gasteiger partial charge in [0.1, 0.15) is 28.0 Å². The lowest BCUT2D eigenvalue weighted by molar-refractivity contribution is -0.385. The lowest BCUT2D eigenvalue weighted by Gasteiger charge is -2.11. The first-order valence-corrected chi connectivity index (χ1v) is 10.1. The normalized spacial score (nSPS) is 10.6. The fraction of sp³-hybridized carbons (Fsp3) is 0.111. The zero-order valence-corrected chi connectivity index (χ0v) is 16.6. The molecule has 160 valence electrons. The summed E-state index contributed by atoms with van der Waals surface area (Å²) in [5.41, 5.74) is -0.125. The van der Waals surface area contributed by atoms with Crippen molar-refractivity contribution in [3.63, 3.8) is 0 Å². The van der Waals surface area contributed by atoms with E-state index in [1.54, 1.807) is 24.3 Å². The summed E-state index contributed by atoms with van der Waals surface area (Å²) in [6, 6.07) is 13.9. The third-order valence-corrected chi connectivity index (χ3v) is 4.44. The number of benzene rings is 2. The van der Waals surface area contributed by atoms with E-state index in [0.717, 1.165) is 11.6 Å². The number of ether oxygens (including phenoxy) is 1. The number of nitrogens with zero attached hydrogens (tertiary/aromatic N) is 4. The molecule has 0 atom stereocenters. The van der Waals surface area contributed by atoms with E-state index in [1.807, 2.05) is 6.07 Å². The highest BCUT2D eigenvalue weighted by atomic mass is 32.2. The molecule has 3 aromatic rings. The molecule has 31 heavy (non-hydrogen) atoms. The van der Waals surface area contributed by atoms with Crippen LogP contribution in [0.1, 0.15) is 11.4 Å². The first-order chi connectivity index (χ1) is 14.8. The van der Waals surface area contributed by atoms with E-state index < -0.39 is 37.9 Å². The molecule has 0 saturated heterocycles. The van der Waals surface area contributed by atoms with Gasteiger partial charge in [-0.1, -0.05) is 36.4 Å². The molecule has 0 aliphatic rings. The number of rotatable bonds is 9. The molecule has 13 heteroatoms. The number of nitro groups is 2. The van der Waals surface area contributed by atoms with Crippen molar-refractivity contribution in [2.45, 2.75) is 12.3 Å². The highest BCUT2D eigenvalue weighted by molar-refractivity contribution is 7.71. The fourth-order valence-corrected chi connectivity index (χ4v) is 2.95. The minimum Gasteiger partial charge on any atom is -0.433 e. The molecule has 0 saturated carbocycles. The van der Waals surface area contributed by atoms with Crippen molar-refractivity contribution in [3.05, 3.63) is 86.2 Å². The van der Waals surface area contributed by atoms with Crippen molar-refractivity contribution in [1.29, 1.82) is 0 Å². The number of nitro benzene ring substituents is 1. The molecule has 0 aliphatic carbocycles. The van der Waals surface area contributed by atoms with Gasteiger partial charge in [0.2, 0.25) is 5.82 Å². The van der Waals surface area contributed by atoms with Crippen LogP contribution in [-0.2, 0) is 23.0 Å². The second-order valence-electron chi connectivity index (χ2n) is 6.09. The fourth-order valence-electron chi connectivity index (χ4n) is 2.58. The van der Waals surface area contributed by atoms with Crippen LogP contribution in [0.4, 0.5) is 17.2 Å². The number of hydrogen-bond acceptors (Lipinski definition) is 10. The van der Waals surface area contributed by atoms with Crippen LogP contribution in [0.2, 0.25) is 0 Å². The Labute approximate surface area is 176 Å². The van der Waals surface area contributed by atoms with E-state index in [1.165, 1.54) is 18.2 Å². The molecule has 0 bridgehead atoms. The van der Waals surface area contributed by atoms with Gasteiger partial charge in [0, 0.05) is 12.6 Å². The zero-order chi connectivity index (χ0) is 22.4. The van der Waals surface area contributed by atoms with Gasteiger partial charge in [-0.15, -0.1) is 0 Å². The summed E-state index contributed by atoms with van der Waals surface area (Å²) in [4.78, 5) is 29.1. The Balaban J connectivity index is 2.03. The summed E-state index contributed by atoms with van der Waals surface area (Å²) >= 11 is 0. The second-order valence-corrected chi connectivity index (χ2v) is 7.07. The number of anilines is 1. The SMILES string of the molecule is O=[N+]([O-])c1cccc(Oc2nc(C[SH](=O)=O)nc(NCc3ccccc3)c2[N+](=O)[O-])c1. The van der Waals surface area contributed by atoms with Gasteiger partial charge in [-0.25, -0.2) is 13.4 Å². The van der Waals surface area contributed by atoms with Crippen LogP contribution in [0.3, 0.4) is 0 Å². The molecule has 1 N–H and O–H groups in total. The summed E-state index contributed by atoms with van der Waals surface area (Å²) in [6.45, 7) is 0.165. The summed E-state index contributed by atoms with van der Waals surface area (Å²) in [6.07, 6.45) is 0. The number of nitrogens with one attached hydrogen (secondary N) is 1. The average Bonchev–Trinajstić information content (AvgIpc) is 2.72. The number of non-ortho nitro benzene ring substituents is 1. The topological polar surface area (TPSA) is 167 Å². The first kappa shape index (κ1) is 21.6. The molecule has 12 nitrogen and oxygen atoms in total. The van der Waals surface area contributed by atoms with Gasteiger partial charge in [-0.05, 0) is 11.6 Å². The van der Waals surface area contributed by atoms with Crippen molar-refractivity contribution >= 4 is 27.9 Å². The first-order valence-electron chi connectivity index (χ1n) is 8.70. The average molecular weight is 445 g/mol. The van der Waals surface area contributed by atoms with Crippen LogP contribution in [0, 0.1) is 20.2 Å². The van der Waals surface area contributed by atoms with Crippen LogP contribution in [0.25, 0.3) is 0 Å². The molecule has 0 radical (unpaired) electrons. The minimum absolute atomic E-state index is 0.0810. The molecule has 1 aromatic heterocycles. The van der Waals surface area contributed by atoms with E-state index in [-0.39, 0.29) is 29.6 Å². The van der Waals surface area contributed by atoms with Crippen LogP contribution >= 0.6 is 0 Å². The maximum Gasteiger partial charge on any atom is 0.373 e. The molecule has 0 spiro atoms. The maximum absolute atomic E-state index is 11.7. The molecule has 0 amide bonds. The minimum atomic E-state index is -2.92. The standard InChI is InChI=1S/C18H15N5O7S/c24-22(25)13-7-4-8-14(9-13)30-18-16(23(26)27)17(20-15(21-18)11-31(28)29)19-10-12-5-2-1-3-6-12/h1-9,31H,10-11H2,(H,19,20,21). The number of aromatic nitrogens is 2. The largest absolute Gasteiger partial charge is 0.433 e. The molecular formula is C18H15N5O7S. The Morgan fingerprint density at radius 2 is 1.71 bits per heavy atom. The van der Waals surface area contributed by atoms with Crippen LogP contribution in [0.15, 0.2) is 54.6 Å². The van der Waals surface area contributed by atoms with Crippen molar-refractivity contribution in [1.82, 2.24) is 9.97 Å². The summed E-state index contributed by atoms with van der Waals surface area (Å²) < 4.78 is 27.8. The Kier molecular flexibility index (Phi) is 6.67. The third-order valence-electron chi connectivity index (χ3n) is 3.90. The van der Waals surface area contributed by atoms with Gasteiger partial charge in [0.15, 0.2) is 0 Å². The second kappa shape index (κ2) is 9.58. The van der Waals surface area contributed by atoms with Gasteiger partial charge in [-0.3, -0.25) is 20.2 Å². The lowest BCUT2D eigenvalue weighted by atomic mass is 10.2. The molecular weight excluding hydrogens is 430 g/mol. The summed E-state index contributed by atoms with van der Waals surface area (Å²) in [5, 5.41) is 25.5. The summed E-state index contributed by atoms with van der Waals surface area (Å²) in [5.74, 6) is -1.65. The Bertz CT molecular complexity index is 1190. The van der Waals surface area contributed by atoms with E-state index in [4.69, 9.17) is 4.74 Å². The van der Waals surface area contributed by atoms with Crippen molar-refractivity contribution in [2.75, 3.05) is 5.32 Å². The van der Waals surface area contributed by atoms with Gasteiger partial charge in [-0.2, -0.15) is 4.98 Å². The van der Waals surface area contributed by atoms with E-state index in [0.29, 0.717) is 0 Å². The van der Waals surface area contributed by atoms with Gasteiger partial charge < -0.3 is 10.1 Å². The molecule has 3 rings (SSSR count). The highest BCUT2D eigenvalue weighted by Crippen LogP contribution is 2.36. The van der Waals surface area contributed by atoms with E-state index >= 15 is 0 Å². The molecule has 0 fully saturated rings. The monoisotopic (exact) mass is 445 g/mol. The van der Waals surface area contributed by atoms with Gasteiger partial charge in [0.25, 0.3) is 5.69 Å². The maximum atomic E-state index is 11.7. The Hall–Kier alpha value is -4.13. The van der Waals surface area contributed by atoms with Crippen molar-refractivity contribution in [2.24, 2.45) is 0 Å². The Morgan fingerprint density at radius 1 is 0.968 bits per heavy atom. The van der Waals surface area contributed by atoms with Crippen LogP contribution < -0.4 is 10.1 Å². The van der Waals surface area contributed by atoms with Crippen LogP contribution in [0.5, 0.6) is 11.6 Å². The van der Waals surface area contributed by atoms with E-state index in [9.17, 15) is 28.6 Å². The van der Waals surface area contributed by atoms with Crippen molar-refractivity contribution in [3.8, 4) is 11.6 Å². The quantitative estimate of drug-likeness (QED) is 0.284. The number of hydrogen-bond donors (Lipinski definition) is 2. The lowest BCUT2D eigenvalue weighted by Crippen LogP contribution is -2.10. The van der Waals surface area contributed by atoms with Crippen LogP contribution in [-0.4, -0.2) is 28.2 Å². The predicted molar refractivity (Wildman–Crippen MR) is 110 cm³/mol. The molecule has 2 aromatic carbocycles. The van der Waals surface area contributed by atoms with Crippen molar-refractivity contribution < 1.29 is 23.0 Å². The predicted octanol–water partition coefficient (Wildman–Crippen LogP) is 2.81. The Morgan fingerprint density at radius 3 is 2.35 bits per heavy atom. The third kappa shape index (κ3) is 5.70. The molecule has 0 aliphatic heterocycles. The number of thiol groups is 1. The van der Waals surface area contributed by atoms with Gasteiger partial charge in [0.05, 0.1) is 15.9 Å². The van der Waals surface area contributed by atoms with Gasteiger partial charge >= 0.3 is 11.6 Å². The molecule has 1 heterocycles. The molecule has 0 unspecified atom stereocenters. The smallest absolute Gasteiger partial charge is 0.373 e. The highest BCUT2D eigenvalue weighted by Gasteiger charge is 2.27. The zero-order valence-electron chi connectivity index (χ0n) is 15.7.